The fourth-order valence-corrected chi connectivity index (χ4v) is 3.26. The second-order valence-electron chi connectivity index (χ2n) is 6.83. The fourth-order valence-electron chi connectivity index (χ4n) is 3.06. The van der Waals surface area contributed by atoms with Crippen LogP contribution in [0.5, 0.6) is 0 Å². The van der Waals surface area contributed by atoms with E-state index in [9.17, 15) is 10.1 Å². The maximum Gasteiger partial charge on any atom is 0.251 e. The second kappa shape index (κ2) is 7.53. The number of nitrogens with zero attached hydrogens (tertiary/aromatic N) is 6. The molecule has 1 aliphatic carbocycles. The third kappa shape index (κ3) is 3.77. The van der Waals surface area contributed by atoms with Gasteiger partial charge < -0.3 is 5.32 Å². The van der Waals surface area contributed by atoms with Crippen molar-refractivity contribution >= 4 is 17.5 Å². The molecule has 0 aliphatic heterocycles. The van der Waals surface area contributed by atoms with E-state index in [1.165, 1.54) is 6.07 Å². The molecular formula is C20H16ClN7O. The maximum absolute atomic E-state index is 12.9. The zero-order valence-electron chi connectivity index (χ0n) is 15.5. The predicted molar refractivity (Wildman–Crippen MR) is 105 cm³/mol. The van der Waals surface area contributed by atoms with E-state index in [1.807, 2.05) is 6.92 Å². The van der Waals surface area contributed by atoms with E-state index >= 15 is 0 Å². The van der Waals surface area contributed by atoms with Gasteiger partial charge in [-0.2, -0.15) is 5.26 Å². The summed E-state index contributed by atoms with van der Waals surface area (Å²) in [6.45, 7) is 1.81. The highest BCUT2D eigenvalue weighted by Gasteiger charge is 2.46. The van der Waals surface area contributed by atoms with Crippen LogP contribution in [0, 0.1) is 11.3 Å². The number of hydrogen-bond acceptors (Lipinski definition) is 7. The number of aromatic nitrogens is 5. The summed E-state index contributed by atoms with van der Waals surface area (Å²) in [4.78, 5) is 34.1. The minimum atomic E-state index is -0.629. The summed E-state index contributed by atoms with van der Waals surface area (Å²) in [5, 5.41) is 12.5. The number of halogens is 1. The summed E-state index contributed by atoms with van der Waals surface area (Å²) >= 11 is 6.11. The van der Waals surface area contributed by atoms with Crippen molar-refractivity contribution in [2.24, 2.45) is 0 Å². The molecule has 8 nitrogen and oxygen atoms in total. The molecule has 144 valence electrons. The molecule has 0 bridgehead atoms. The number of rotatable bonds is 5. The Morgan fingerprint density at radius 1 is 1.21 bits per heavy atom. The van der Waals surface area contributed by atoms with Gasteiger partial charge in [0.15, 0.2) is 0 Å². The molecule has 0 spiro atoms. The molecule has 0 aromatic carbocycles. The molecular weight excluding hydrogens is 390 g/mol. The Morgan fingerprint density at radius 2 is 1.97 bits per heavy atom. The van der Waals surface area contributed by atoms with Crippen molar-refractivity contribution in [1.29, 1.82) is 5.26 Å². The zero-order valence-corrected chi connectivity index (χ0v) is 16.3. The predicted octanol–water partition coefficient (Wildman–Crippen LogP) is 3.03. The molecule has 1 fully saturated rings. The van der Waals surface area contributed by atoms with Crippen LogP contribution in [0.15, 0.2) is 43.1 Å². The van der Waals surface area contributed by atoms with Crippen LogP contribution in [0.2, 0.25) is 5.15 Å². The van der Waals surface area contributed by atoms with Crippen molar-refractivity contribution in [2.75, 3.05) is 0 Å². The first-order valence-corrected chi connectivity index (χ1v) is 9.38. The lowest BCUT2D eigenvalue weighted by Gasteiger charge is -2.16. The Bertz CT molecular complexity index is 1110. The van der Waals surface area contributed by atoms with Crippen molar-refractivity contribution in [3.63, 3.8) is 0 Å². The van der Waals surface area contributed by atoms with Crippen molar-refractivity contribution < 1.29 is 4.79 Å². The van der Waals surface area contributed by atoms with Crippen molar-refractivity contribution in [1.82, 2.24) is 30.2 Å². The number of carbonyl (C=O) groups excluding carboxylic acids is 1. The number of hydrogen-bond donors (Lipinski definition) is 1. The summed E-state index contributed by atoms with van der Waals surface area (Å²) < 4.78 is 0. The first-order valence-electron chi connectivity index (χ1n) is 9.00. The lowest BCUT2D eigenvalue weighted by atomic mass is 10.0. The molecule has 29 heavy (non-hydrogen) atoms. The number of pyridine rings is 1. The molecule has 3 heterocycles. The van der Waals surface area contributed by atoms with Crippen LogP contribution >= 0.6 is 11.6 Å². The van der Waals surface area contributed by atoms with E-state index in [0.717, 1.165) is 12.8 Å². The third-order valence-electron chi connectivity index (χ3n) is 4.80. The normalized spacial score (nSPS) is 15.2. The summed E-state index contributed by atoms with van der Waals surface area (Å²) in [7, 11) is 0. The van der Waals surface area contributed by atoms with Gasteiger partial charge >= 0.3 is 0 Å². The molecule has 1 unspecified atom stereocenters. The van der Waals surface area contributed by atoms with Crippen LogP contribution in [0.3, 0.4) is 0 Å². The van der Waals surface area contributed by atoms with Crippen molar-refractivity contribution in [2.45, 2.75) is 31.2 Å². The average molecular weight is 406 g/mol. The minimum absolute atomic E-state index is 0.182. The van der Waals surface area contributed by atoms with Gasteiger partial charge in [0, 0.05) is 30.4 Å². The Balaban J connectivity index is 1.60. The lowest BCUT2D eigenvalue weighted by Crippen LogP contribution is -2.28. The Hall–Kier alpha value is -3.44. The summed E-state index contributed by atoms with van der Waals surface area (Å²) in [6, 6.07) is 4.94. The van der Waals surface area contributed by atoms with Gasteiger partial charge in [-0.1, -0.05) is 11.6 Å². The molecule has 0 saturated heterocycles. The van der Waals surface area contributed by atoms with Crippen LogP contribution in [-0.4, -0.2) is 30.8 Å². The molecule has 1 amide bonds. The molecule has 3 aromatic heterocycles. The summed E-state index contributed by atoms with van der Waals surface area (Å²) in [5.41, 5.74) is 1.93. The second-order valence-corrected chi connectivity index (χ2v) is 7.22. The molecule has 1 atom stereocenters. The maximum atomic E-state index is 12.9. The molecule has 4 rings (SSSR count). The SMILES string of the molecule is CC(NC(=O)c1cc(Cl)nc(C2(C#N)CC2)c1)c1nccnc1-c1cnccn1. The summed E-state index contributed by atoms with van der Waals surface area (Å²) in [6.07, 6.45) is 9.29. The molecule has 1 aliphatic rings. The Morgan fingerprint density at radius 3 is 2.66 bits per heavy atom. The van der Waals surface area contributed by atoms with Crippen LogP contribution < -0.4 is 5.32 Å². The highest BCUT2D eigenvalue weighted by atomic mass is 35.5. The largest absolute Gasteiger partial charge is 0.344 e. The van der Waals surface area contributed by atoms with Gasteiger partial charge in [-0.05, 0) is 31.9 Å². The number of amides is 1. The fraction of sp³-hybridized carbons (Fsp3) is 0.250. The third-order valence-corrected chi connectivity index (χ3v) is 4.99. The van der Waals surface area contributed by atoms with E-state index in [0.29, 0.717) is 28.3 Å². The number of nitrogens with one attached hydrogen (secondary N) is 1. The van der Waals surface area contributed by atoms with E-state index in [4.69, 9.17) is 11.6 Å². The zero-order chi connectivity index (χ0) is 20.4. The van der Waals surface area contributed by atoms with Gasteiger partial charge in [0.2, 0.25) is 0 Å². The van der Waals surface area contributed by atoms with Gasteiger partial charge in [-0.25, -0.2) is 4.98 Å². The van der Waals surface area contributed by atoms with Crippen LogP contribution in [0.4, 0.5) is 0 Å². The molecule has 9 heteroatoms. The topological polar surface area (TPSA) is 117 Å². The first kappa shape index (κ1) is 18.9. The summed E-state index contributed by atoms with van der Waals surface area (Å²) in [5.74, 6) is -0.340. The van der Waals surface area contributed by atoms with Crippen LogP contribution in [0.1, 0.15) is 47.6 Å². The van der Waals surface area contributed by atoms with Crippen molar-refractivity contribution in [3.05, 3.63) is 65.2 Å². The molecule has 1 saturated carbocycles. The van der Waals surface area contributed by atoms with Gasteiger partial charge in [0.05, 0.1) is 35.1 Å². The van der Waals surface area contributed by atoms with Gasteiger partial charge in [0.1, 0.15) is 16.5 Å². The van der Waals surface area contributed by atoms with E-state index in [-0.39, 0.29) is 11.1 Å². The monoisotopic (exact) mass is 405 g/mol. The lowest BCUT2D eigenvalue weighted by molar-refractivity contribution is 0.0939. The quantitative estimate of drug-likeness (QED) is 0.648. The van der Waals surface area contributed by atoms with E-state index in [2.05, 4.69) is 36.3 Å². The number of nitriles is 1. The standard InChI is InChI=1S/C20H16ClN7O/c1-12(17-18(26-7-6-25-17)14-10-23-4-5-24-14)27-19(29)13-8-15(28-16(21)9-13)20(11-22)2-3-20/h4-10,12H,2-3H2,1H3,(H,27,29). The highest BCUT2D eigenvalue weighted by Crippen LogP contribution is 2.47. The van der Waals surface area contributed by atoms with Crippen molar-refractivity contribution in [3.8, 4) is 17.5 Å². The van der Waals surface area contributed by atoms with Gasteiger partial charge in [-0.3, -0.25) is 24.7 Å². The highest BCUT2D eigenvalue weighted by molar-refractivity contribution is 6.29. The Kier molecular flexibility index (Phi) is 4.91. The van der Waals surface area contributed by atoms with E-state index in [1.54, 1.807) is 37.1 Å². The molecule has 0 radical (unpaired) electrons. The smallest absolute Gasteiger partial charge is 0.251 e. The van der Waals surface area contributed by atoms with E-state index < -0.39 is 11.5 Å². The minimum Gasteiger partial charge on any atom is -0.344 e. The molecule has 1 N–H and O–H groups in total. The van der Waals surface area contributed by atoms with Crippen LogP contribution in [-0.2, 0) is 5.41 Å². The van der Waals surface area contributed by atoms with Gasteiger partial charge in [0.25, 0.3) is 5.91 Å². The average Bonchev–Trinajstić information content (AvgIpc) is 3.55. The molecule has 3 aromatic rings. The Labute approximate surface area is 172 Å². The van der Waals surface area contributed by atoms with Gasteiger partial charge in [-0.15, -0.1) is 0 Å². The first-order chi connectivity index (χ1) is 14.0. The number of carbonyl (C=O) groups is 1. The van der Waals surface area contributed by atoms with Crippen LogP contribution in [0.25, 0.3) is 11.4 Å².